The molecule has 1 aromatic heterocycles. The Balaban J connectivity index is 2.34. The predicted octanol–water partition coefficient (Wildman–Crippen LogP) is -1.96. The van der Waals surface area contributed by atoms with Crippen molar-refractivity contribution in [1.82, 2.24) is 9.55 Å². The maximum atomic E-state index is 11.4. The van der Waals surface area contributed by atoms with Crippen LogP contribution in [-0.4, -0.2) is 33.4 Å². The van der Waals surface area contributed by atoms with E-state index in [1.165, 1.54) is 16.8 Å². The first-order chi connectivity index (χ1) is 7.09. The minimum absolute atomic E-state index is 0.132. The third kappa shape index (κ3) is 1.72. The Hall–Kier alpha value is -1.44. The van der Waals surface area contributed by atoms with Gasteiger partial charge in [-0.15, -0.1) is 0 Å². The fraction of sp³-hybridized carbons (Fsp3) is 0.500. The van der Waals surface area contributed by atoms with Crippen LogP contribution in [0.3, 0.4) is 0 Å². The SMILES string of the molecule is Nc1ccn([C@@H]2OC[C@H](N)[C@H]2O)c(=O)n1. The topological polar surface area (TPSA) is 116 Å². The zero-order valence-electron chi connectivity index (χ0n) is 7.91. The molecule has 5 N–H and O–H groups in total. The quantitative estimate of drug-likeness (QED) is 0.498. The fourth-order valence-corrected chi connectivity index (χ4v) is 1.48. The van der Waals surface area contributed by atoms with Crippen molar-refractivity contribution in [2.24, 2.45) is 5.73 Å². The van der Waals surface area contributed by atoms with E-state index in [0.717, 1.165) is 0 Å². The number of hydrogen-bond acceptors (Lipinski definition) is 6. The van der Waals surface area contributed by atoms with Crippen LogP contribution in [0, 0.1) is 0 Å². The second kappa shape index (κ2) is 3.61. The molecule has 0 bridgehead atoms. The Labute approximate surface area is 85.3 Å². The van der Waals surface area contributed by atoms with E-state index in [9.17, 15) is 9.90 Å². The summed E-state index contributed by atoms with van der Waals surface area (Å²) in [7, 11) is 0. The lowest BCUT2D eigenvalue weighted by molar-refractivity contribution is -0.0125. The Morgan fingerprint density at radius 1 is 1.67 bits per heavy atom. The maximum Gasteiger partial charge on any atom is 0.351 e. The Morgan fingerprint density at radius 2 is 2.40 bits per heavy atom. The van der Waals surface area contributed by atoms with Crippen molar-refractivity contribution >= 4 is 5.82 Å². The highest BCUT2D eigenvalue weighted by Gasteiger charge is 2.35. The molecule has 0 aliphatic carbocycles. The van der Waals surface area contributed by atoms with Crippen molar-refractivity contribution in [1.29, 1.82) is 0 Å². The molecule has 7 nitrogen and oxygen atoms in total. The van der Waals surface area contributed by atoms with Crippen LogP contribution in [0.5, 0.6) is 0 Å². The molecule has 2 rings (SSSR count). The maximum absolute atomic E-state index is 11.4. The Bertz CT molecular complexity index is 419. The second-order valence-corrected chi connectivity index (χ2v) is 3.42. The Kier molecular flexibility index (Phi) is 2.43. The van der Waals surface area contributed by atoms with Crippen LogP contribution >= 0.6 is 0 Å². The largest absolute Gasteiger partial charge is 0.387 e. The number of rotatable bonds is 1. The third-order valence-electron chi connectivity index (χ3n) is 2.32. The molecule has 0 amide bonds. The lowest BCUT2D eigenvalue weighted by Crippen LogP contribution is -2.38. The van der Waals surface area contributed by atoms with Crippen LogP contribution in [0.15, 0.2) is 17.1 Å². The first kappa shape index (κ1) is 10.1. The van der Waals surface area contributed by atoms with Crippen LogP contribution in [0.25, 0.3) is 0 Å². The molecule has 82 valence electrons. The van der Waals surface area contributed by atoms with Crippen molar-refractivity contribution in [3.63, 3.8) is 0 Å². The molecule has 1 aliphatic heterocycles. The normalized spacial score (nSPS) is 30.7. The van der Waals surface area contributed by atoms with Gasteiger partial charge in [0.15, 0.2) is 6.23 Å². The molecule has 0 radical (unpaired) electrons. The van der Waals surface area contributed by atoms with Crippen molar-refractivity contribution in [3.8, 4) is 0 Å². The number of hydrogen-bond donors (Lipinski definition) is 3. The molecule has 3 atom stereocenters. The molecular weight excluding hydrogens is 200 g/mol. The van der Waals surface area contributed by atoms with Crippen LogP contribution in [-0.2, 0) is 4.74 Å². The molecule has 1 saturated heterocycles. The smallest absolute Gasteiger partial charge is 0.351 e. The first-order valence-corrected chi connectivity index (χ1v) is 4.49. The summed E-state index contributed by atoms with van der Waals surface area (Å²) in [6.07, 6.45) is -0.259. The number of nitrogens with zero attached hydrogens (tertiary/aromatic N) is 2. The highest BCUT2D eigenvalue weighted by Crippen LogP contribution is 2.21. The average Bonchev–Trinajstić information content (AvgIpc) is 2.49. The van der Waals surface area contributed by atoms with Gasteiger partial charge in [-0.1, -0.05) is 0 Å². The van der Waals surface area contributed by atoms with Crippen molar-refractivity contribution in [2.75, 3.05) is 12.3 Å². The summed E-state index contributed by atoms with van der Waals surface area (Å²) in [6, 6.07) is 0.973. The monoisotopic (exact) mass is 212 g/mol. The van der Waals surface area contributed by atoms with Gasteiger partial charge in [0, 0.05) is 6.20 Å². The number of nitrogen functional groups attached to an aromatic ring is 1. The molecule has 0 saturated carbocycles. The number of ether oxygens (including phenoxy) is 1. The Morgan fingerprint density at radius 3 is 2.93 bits per heavy atom. The molecule has 1 aliphatic rings. The zero-order chi connectivity index (χ0) is 11.0. The minimum atomic E-state index is -0.909. The van der Waals surface area contributed by atoms with Crippen molar-refractivity contribution in [3.05, 3.63) is 22.7 Å². The summed E-state index contributed by atoms with van der Waals surface area (Å²) in [5.74, 6) is 0.132. The number of aliphatic hydroxyl groups excluding tert-OH is 1. The molecule has 2 heterocycles. The molecular formula is C8H12N4O3. The molecule has 15 heavy (non-hydrogen) atoms. The van der Waals surface area contributed by atoms with E-state index in [0.29, 0.717) is 0 Å². The summed E-state index contributed by atoms with van der Waals surface area (Å²) in [4.78, 5) is 15.0. The molecule has 1 aromatic rings. The van der Waals surface area contributed by atoms with E-state index in [-0.39, 0.29) is 12.4 Å². The van der Waals surface area contributed by atoms with E-state index in [1.54, 1.807) is 0 Å². The zero-order valence-corrected chi connectivity index (χ0v) is 7.91. The summed E-state index contributed by atoms with van der Waals surface area (Å²) in [5, 5.41) is 9.64. The number of anilines is 1. The van der Waals surface area contributed by atoms with E-state index in [2.05, 4.69) is 4.98 Å². The summed E-state index contributed by atoms with van der Waals surface area (Å²) in [6.45, 7) is 0.211. The van der Waals surface area contributed by atoms with Gasteiger partial charge >= 0.3 is 5.69 Å². The molecule has 1 fully saturated rings. The van der Waals surface area contributed by atoms with Gasteiger partial charge in [0.2, 0.25) is 0 Å². The standard InChI is InChI=1S/C8H12N4O3/c9-4-3-15-7(6(4)13)12-2-1-5(10)11-8(12)14/h1-2,4,6-7,13H,3,9H2,(H2,10,11,14)/t4-,6+,7+/m0/s1. The number of aliphatic hydroxyl groups is 1. The van der Waals surface area contributed by atoms with Crippen molar-refractivity contribution < 1.29 is 9.84 Å². The lowest BCUT2D eigenvalue weighted by atomic mass is 10.2. The van der Waals surface area contributed by atoms with Crippen LogP contribution < -0.4 is 17.2 Å². The van der Waals surface area contributed by atoms with E-state index in [1.807, 2.05) is 0 Å². The van der Waals surface area contributed by atoms with Gasteiger partial charge in [-0.3, -0.25) is 4.57 Å². The predicted molar refractivity (Wildman–Crippen MR) is 51.9 cm³/mol. The van der Waals surface area contributed by atoms with Crippen molar-refractivity contribution in [2.45, 2.75) is 18.4 Å². The van der Waals surface area contributed by atoms with E-state index in [4.69, 9.17) is 16.2 Å². The van der Waals surface area contributed by atoms with Crippen LogP contribution in [0.1, 0.15) is 6.23 Å². The fourth-order valence-electron chi connectivity index (χ4n) is 1.48. The van der Waals surface area contributed by atoms with Gasteiger partial charge in [-0.05, 0) is 6.07 Å². The van der Waals surface area contributed by atoms with Gasteiger partial charge in [-0.25, -0.2) is 4.79 Å². The second-order valence-electron chi connectivity index (χ2n) is 3.42. The minimum Gasteiger partial charge on any atom is -0.387 e. The molecule has 7 heteroatoms. The summed E-state index contributed by atoms with van der Waals surface area (Å²) < 4.78 is 6.37. The van der Waals surface area contributed by atoms with Gasteiger partial charge in [0.1, 0.15) is 11.9 Å². The summed E-state index contributed by atoms with van der Waals surface area (Å²) in [5.41, 5.74) is 10.3. The lowest BCUT2D eigenvalue weighted by Gasteiger charge is -2.17. The van der Waals surface area contributed by atoms with Gasteiger partial charge in [-0.2, -0.15) is 4.98 Å². The van der Waals surface area contributed by atoms with Crippen LogP contribution in [0.2, 0.25) is 0 Å². The summed E-state index contributed by atoms with van der Waals surface area (Å²) >= 11 is 0. The van der Waals surface area contributed by atoms with E-state index < -0.39 is 24.1 Å². The van der Waals surface area contributed by atoms with Crippen LogP contribution in [0.4, 0.5) is 5.82 Å². The van der Waals surface area contributed by atoms with Gasteiger partial charge < -0.3 is 21.3 Å². The highest BCUT2D eigenvalue weighted by atomic mass is 16.5. The number of aromatic nitrogens is 2. The molecule has 0 unspecified atom stereocenters. The third-order valence-corrected chi connectivity index (χ3v) is 2.32. The van der Waals surface area contributed by atoms with E-state index >= 15 is 0 Å². The van der Waals surface area contributed by atoms with Gasteiger partial charge in [0.05, 0.1) is 12.6 Å². The molecule has 0 spiro atoms. The highest BCUT2D eigenvalue weighted by molar-refractivity contribution is 5.23. The van der Waals surface area contributed by atoms with Gasteiger partial charge in [0.25, 0.3) is 0 Å². The molecule has 0 aromatic carbocycles. The first-order valence-electron chi connectivity index (χ1n) is 4.49. The number of nitrogens with two attached hydrogens (primary N) is 2. The average molecular weight is 212 g/mol.